The Morgan fingerprint density at radius 1 is 1.24 bits per heavy atom. The largest absolute Gasteiger partial charge is 0.293 e. The molecule has 0 aromatic carbocycles. The van der Waals surface area contributed by atoms with E-state index in [4.69, 9.17) is 4.98 Å². The minimum absolute atomic E-state index is 0.332. The fourth-order valence-electron chi connectivity index (χ4n) is 3.12. The van der Waals surface area contributed by atoms with Gasteiger partial charge in [0.2, 0.25) is 0 Å². The van der Waals surface area contributed by atoms with E-state index in [0.29, 0.717) is 11.7 Å². The molecule has 1 aromatic rings. The molecule has 0 N–H and O–H groups in total. The molecule has 92 valence electrons. The second-order valence-corrected chi connectivity index (χ2v) is 6.60. The molecule has 0 aliphatic heterocycles. The molecule has 2 nitrogen and oxygen atoms in total. The predicted molar refractivity (Wildman–Crippen MR) is 69.8 cm³/mol. The first kappa shape index (κ1) is 11.4. The van der Waals surface area contributed by atoms with Gasteiger partial charge in [-0.05, 0) is 31.6 Å². The predicted octanol–water partition coefficient (Wildman–Crippen LogP) is 3.96. The summed E-state index contributed by atoms with van der Waals surface area (Å²) in [4.78, 5) is 17.5. The maximum Gasteiger partial charge on any atom is 0.174 e. The number of hydrogen-bond donors (Lipinski definition) is 0. The lowest BCUT2D eigenvalue weighted by Gasteiger charge is -2.24. The zero-order valence-electron chi connectivity index (χ0n) is 10.4. The smallest absolute Gasteiger partial charge is 0.174 e. The van der Waals surface area contributed by atoms with Crippen molar-refractivity contribution in [2.45, 2.75) is 57.8 Å². The fraction of sp³-hybridized carbons (Fsp3) is 0.714. The number of carbonyl (C=O) groups is 1. The van der Waals surface area contributed by atoms with Gasteiger partial charge in [-0.25, -0.2) is 4.98 Å². The van der Waals surface area contributed by atoms with Gasteiger partial charge in [0.25, 0.3) is 0 Å². The van der Waals surface area contributed by atoms with Gasteiger partial charge in [-0.15, -0.1) is 11.3 Å². The molecule has 0 bridgehead atoms. The average Bonchev–Trinajstić information content (AvgIpc) is 2.74. The number of carbonyl (C=O) groups excluding carboxylic acids is 1. The molecular formula is C14H19NOS. The minimum Gasteiger partial charge on any atom is -0.293 e. The summed E-state index contributed by atoms with van der Waals surface area (Å²) in [6.45, 7) is 2.34. The molecule has 0 saturated heterocycles. The van der Waals surface area contributed by atoms with Crippen LogP contribution in [0.25, 0.3) is 0 Å². The molecule has 2 aliphatic carbocycles. The van der Waals surface area contributed by atoms with Crippen molar-refractivity contribution in [1.29, 1.82) is 0 Å². The second kappa shape index (κ2) is 4.52. The van der Waals surface area contributed by atoms with Gasteiger partial charge in [-0.2, -0.15) is 0 Å². The summed E-state index contributed by atoms with van der Waals surface area (Å²) in [6.07, 6.45) is 7.96. The van der Waals surface area contributed by atoms with Crippen LogP contribution in [0.15, 0.2) is 0 Å². The van der Waals surface area contributed by atoms with Crippen LogP contribution in [0.2, 0.25) is 0 Å². The third kappa shape index (κ3) is 2.17. The molecule has 2 unspecified atom stereocenters. The lowest BCUT2D eigenvalue weighted by Crippen LogP contribution is -2.11. The maximum absolute atomic E-state index is 11.8. The monoisotopic (exact) mass is 249 g/mol. The van der Waals surface area contributed by atoms with Crippen LogP contribution in [0, 0.1) is 5.92 Å². The third-order valence-electron chi connectivity index (χ3n) is 4.07. The zero-order chi connectivity index (χ0) is 11.8. The van der Waals surface area contributed by atoms with E-state index in [9.17, 15) is 4.79 Å². The van der Waals surface area contributed by atoms with Crippen LogP contribution >= 0.6 is 11.3 Å². The molecule has 3 heteroatoms. The first-order chi connectivity index (χ1) is 8.24. The Bertz CT molecular complexity index is 437. The molecule has 1 heterocycles. The highest BCUT2D eigenvalue weighted by molar-refractivity contribution is 7.14. The van der Waals surface area contributed by atoms with E-state index < -0.39 is 0 Å². The lowest BCUT2D eigenvalue weighted by molar-refractivity contribution is 0.0976. The van der Waals surface area contributed by atoms with E-state index >= 15 is 0 Å². The first-order valence-electron chi connectivity index (χ1n) is 6.77. The van der Waals surface area contributed by atoms with Crippen LogP contribution < -0.4 is 0 Å². The molecule has 1 fully saturated rings. The molecule has 3 rings (SSSR count). The van der Waals surface area contributed by atoms with E-state index in [1.165, 1.54) is 30.7 Å². The number of rotatable bonds is 1. The molecule has 1 aromatic heterocycles. The topological polar surface area (TPSA) is 30.0 Å². The van der Waals surface area contributed by atoms with Crippen molar-refractivity contribution in [1.82, 2.24) is 4.98 Å². The molecular weight excluding hydrogens is 230 g/mol. The number of aryl methyl sites for hydroxylation is 1. The molecule has 0 radical (unpaired) electrons. The Morgan fingerprint density at radius 2 is 2.12 bits per heavy atom. The van der Waals surface area contributed by atoms with Crippen molar-refractivity contribution in [3.05, 3.63) is 15.6 Å². The minimum atomic E-state index is 0.332. The van der Waals surface area contributed by atoms with E-state index in [2.05, 4.69) is 6.92 Å². The number of fused-ring (bicyclic) bond motifs is 1. The highest BCUT2D eigenvalue weighted by Crippen LogP contribution is 2.39. The van der Waals surface area contributed by atoms with Crippen molar-refractivity contribution in [3.63, 3.8) is 0 Å². The van der Waals surface area contributed by atoms with Gasteiger partial charge < -0.3 is 0 Å². The summed E-state index contributed by atoms with van der Waals surface area (Å²) < 4.78 is 0. The second-order valence-electron chi connectivity index (χ2n) is 5.57. The summed E-state index contributed by atoms with van der Waals surface area (Å²) in [6, 6.07) is 0. The average molecular weight is 249 g/mol. The molecule has 17 heavy (non-hydrogen) atoms. The number of hydrogen-bond acceptors (Lipinski definition) is 3. The van der Waals surface area contributed by atoms with Crippen molar-refractivity contribution >= 4 is 17.1 Å². The van der Waals surface area contributed by atoms with Crippen molar-refractivity contribution in [3.8, 4) is 0 Å². The Hall–Kier alpha value is -0.700. The van der Waals surface area contributed by atoms with E-state index in [0.717, 1.165) is 35.8 Å². The van der Waals surface area contributed by atoms with Gasteiger partial charge in [0, 0.05) is 12.3 Å². The summed E-state index contributed by atoms with van der Waals surface area (Å²) in [5.41, 5.74) is 1.10. The molecule has 1 saturated carbocycles. The summed E-state index contributed by atoms with van der Waals surface area (Å²) in [5, 5.41) is 1.25. The fourth-order valence-corrected chi connectivity index (χ4v) is 4.35. The standard InChI is InChI=1S/C14H19NOS/c1-9-4-2-5-10(8-9)14-15-11-6-3-7-12(16)13(11)17-14/h9-10H,2-8H2,1H3. The van der Waals surface area contributed by atoms with Gasteiger partial charge in [0.1, 0.15) is 0 Å². The van der Waals surface area contributed by atoms with E-state index in [-0.39, 0.29) is 0 Å². The lowest BCUT2D eigenvalue weighted by atomic mass is 9.83. The summed E-state index contributed by atoms with van der Waals surface area (Å²) in [5.74, 6) is 1.78. The number of ketones is 1. The Morgan fingerprint density at radius 3 is 2.88 bits per heavy atom. The highest BCUT2D eigenvalue weighted by Gasteiger charge is 2.27. The SMILES string of the molecule is CC1CCCC(c2nc3c(s2)C(=O)CCC3)C1. The summed E-state index contributed by atoms with van der Waals surface area (Å²) in [7, 11) is 0. The van der Waals surface area contributed by atoms with Crippen LogP contribution in [-0.4, -0.2) is 10.8 Å². The summed E-state index contributed by atoms with van der Waals surface area (Å²) >= 11 is 1.69. The van der Waals surface area contributed by atoms with Crippen LogP contribution in [0.4, 0.5) is 0 Å². The van der Waals surface area contributed by atoms with Crippen LogP contribution in [0.5, 0.6) is 0 Å². The van der Waals surface area contributed by atoms with Gasteiger partial charge in [-0.3, -0.25) is 4.79 Å². The molecule has 2 atom stereocenters. The van der Waals surface area contributed by atoms with Gasteiger partial charge >= 0.3 is 0 Å². The van der Waals surface area contributed by atoms with E-state index in [1.54, 1.807) is 11.3 Å². The highest BCUT2D eigenvalue weighted by atomic mass is 32.1. The van der Waals surface area contributed by atoms with Crippen molar-refractivity contribution in [2.75, 3.05) is 0 Å². The van der Waals surface area contributed by atoms with Crippen molar-refractivity contribution in [2.24, 2.45) is 5.92 Å². The van der Waals surface area contributed by atoms with Crippen LogP contribution in [0.3, 0.4) is 0 Å². The Balaban J connectivity index is 1.86. The number of thiazole rings is 1. The first-order valence-corrected chi connectivity index (χ1v) is 7.58. The van der Waals surface area contributed by atoms with Crippen molar-refractivity contribution < 1.29 is 4.79 Å². The quantitative estimate of drug-likeness (QED) is 0.754. The van der Waals surface area contributed by atoms with Gasteiger partial charge in [0.15, 0.2) is 5.78 Å². The van der Waals surface area contributed by atoms with Crippen LogP contribution in [-0.2, 0) is 6.42 Å². The van der Waals surface area contributed by atoms with Crippen LogP contribution in [0.1, 0.15) is 71.7 Å². The number of nitrogens with zero attached hydrogens (tertiary/aromatic N) is 1. The Kier molecular flexibility index (Phi) is 3.03. The Labute approximate surface area is 106 Å². The normalized spacial score (nSPS) is 29.1. The maximum atomic E-state index is 11.8. The van der Waals surface area contributed by atoms with Gasteiger partial charge in [0.05, 0.1) is 15.6 Å². The molecule has 2 aliphatic rings. The number of Topliss-reactive ketones (excluding diaryl/α,β-unsaturated/α-hetero) is 1. The third-order valence-corrected chi connectivity index (χ3v) is 5.37. The number of aromatic nitrogens is 1. The molecule has 0 spiro atoms. The molecule has 0 amide bonds. The van der Waals surface area contributed by atoms with E-state index in [1.807, 2.05) is 0 Å². The van der Waals surface area contributed by atoms with Gasteiger partial charge in [-0.1, -0.05) is 19.8 Å². The zero-order valence-corrected chi connectivity index (χ0v) is 11.2.